The van der Waals surface area contributed by atoms with E-state index >= 15 is 0 Å². The normalized spacial score (nSPS) is 32.4. The molecule has 1 unspecified atom stereocenters. The molecule has 1 N–H and O–H groups in total. The van der Waals surface area contributed by atoms with Gasteiger partial charge in [-0.3, -0.25) is 0 Å². The number of piperidine rings is 1. The Labute approximate surface area is 99.4 Å². The molecule has 0 radical (unpaired) electrons. The van der Waals surface area contributed by atoms with Crippen LogP contribution in [0.3, 0.4) is 0 Å². The van der Waals surface area contributed by atoms with Gasteiger partial charge in [-0.25, -0.2) is 0 Å². The van der Waals surface area contributed by atoms with Gasteiger partial charge in [0.05, 0.1) is 5.60 Å². The smallest absolute Gasteiger partial charge is 0.0826 e. The Morgan fingerprint density at radius 1 is 1.19 bits per heavy atom. The molecular weight excluding hydrogens is 200 g/mol. The molecule has 0 spiro atoms. The Morgan fingerprint density at radius 3 is 2.25 bits per heavy atom. The summed E-state index contributed by atoms with van der Waals surface area (Å²) in [5.74, 6) is 0. The molecule has 0 aromatic rings. The zero-order valence-electron chi connectivity index (χ0n) is 10.9. The van der Waals surface area contributed by atoms with E-state index in [1.807, 2.05) is 0 Å². The summed E-state index contributed by atoms with van der Waals surface area (Å²) in [6.07, 6.45) is 4.31. The van der Waals surface area contributed by atoms with Crippen molar-refractivity contribution in [3.8, 4) is 0 Å². The highest BCUT2D eigenvalue weighted by molar-refractivity contribution is 4.98. The molecule has 0 aromatic heterocycles. The van der Waals surface area contributed by atoms with Gasteiger partial charge in [0, 0.05) is 25.2 Å². The summed E-state index contributed by atoms with van der Waals surface area (Å²) < 4.78 is 0. The number of hydrogen-bond acceptors (Lipinski definition) is 3. The predicted octanol–water partition coefficient (Wildman–Crippen LogP) is 1.32. The molecule has 0 bridgehead atoms. The molecule has 2 aliphatic rings. The van der Waals surface area contributed by atoms with Gasteiger partial charge < -0.3 is 14.9 Å². The third kappa shape index (κ3) is 2.27. The highest BCUT2D eigenvalue weighted by Crippen LogP contribution is 2.34. The number of rotatable bonds is 2. The lowest BCUT2D eigenvalue weighted by Gasteiger charge is -2.45. The second kappa shape index (κ2) is 4.63. The van der Waals surface area contributed by atoms with Gasteiger partial charge in [0.15, 0.2) is 0 Å². The van der Waals surface area contributed by atoms with Gasteiger partial charge in [-0.2, -0.15) is 0 Å². The van der Waals surface area contributed by atoms with Crippen molar-refractivity contribution >= 4 is 0 Å². The quantitative estimate of drug-likeness (QED) is 0.769. The summed E-state index contributed by atoms with van der Waals surface area (Å²) in [6.45, 7) is 7.75. The van der Waals surface area contributed by atoms with Gasteiger partial charge in [0.25, 0.3) is 0 Å². The van der Waals surface area contributed by atoms with Crippen molar-refractivity contribution in [2.75, 3.05) is 26.7 Å². The predicted molar refractivity (Wildman–Crippen MR) is 66.5 cm³/mol. The standard InChI is InChI=1S/C13H26N2O/c1-11(2)15-9-6-13(16,7-10-15)12-5-4-8-14(12)3/h11-12,16H,4-10H2,1-3H3. The summed E-state index contributed by atoms with van der Waals surface area (Å²) in [5.41, 5.74) is -0.420. The van der Waals surface area contributed by atoms with Gasteiger partial charge in [-0.1, -0.05) is 0 Å². The summed E-state index contributed by atoms with van der Waals surface area (Å²) in [7, 11) is 2.16. The lowest BCUT2D eigenvalue weighted by Crippen LogP contribution is -2.55. The van der Waals surface area contributed by atoms with Crippen LogP contribution >= 0.6 is 0 Å². The molecule has 0 saturated carbocycles. The van der Waals surface area contributed by atoms with Crippen molar-refractivity contribution in [1.82, 2.24) is 9.80 Å². The highest BCUT2D eigenvalue weighted by Gasteiger charge is 2.43. The first-order chi connectivity index (χ1) is 7.53. The van der Waals surface area contributed by atoms with Crippen molar-refractivity contribution in [3.05, 3.63) is 0 Å². The zero-order chi connectivity index (χ0) is 11.8. The average molecular weight is 226 g/mol. The topological polar surface area (TPSA) is 26.7 Å². The van der Waals surface area contributed by atoms with E-state index in [-0.39, 0.29) is 0 Å². The number of nitrogens with zero attached hydrogens (tertiary/aromatic N) is 2. The van der Waals surface area contributed by atoms with Crippen molar-refractivity contribution in [1.29, 1.82) is 0 Å². The summed E-state index contributed by atoms with van der Waals surface area (Å²) >= 11 is 0. The molecule has 3 heteroatoms. The summed E-state index contributed by atoms with van der Waals surface area (Å²) in [6, 6.07) is 1.02. The molecule has 0 aliphatic carbocycles. The average Bonchev–Trinajstić information content (AvgIpc) is 2.66. The third-order valence-corrected chi connectivity index (χ3v) is 4.53. The minimum atomic E-state index is -0.420. The first kappa shape index (κ1) is 12.3. The van der Waals surface area contributed by atoms with Gasteiger partial charge >= 0.3 is 0 Å². The Bertz CT molecular complexity index is 234. The van der Waals surface area contributed by atoms with Crippen molar-refractivity contribution < 1.29 is 5.11 Å². The Balaban J connectivity index is 1.95. The second-order valence-corrected chi connectivity index (χ2v) is 5.87. The van der Waals surface area contributed by atoms with Crippen LogP contribution in [0.2, 0.25) is 0 Å². The van der Waals surface area contributed by atoms with Crippen LogP contribution < -0.4 is 0 Å². The Hall–Kier alpha value is -0.120. The lowest BCUT2D eigenvalue weighted by atomic mass is 9.82. The van der Waals surface area contributed by atoms with E-state index in [9.17, 15) is 5.11 Å². The van der Waals surface area contributed by atoms with Crippen molar-refractivity contribution in [2.24, 2.45) is 0 Å². The zero-order valence-corrected chi connectivity index (χ0v) is 10.9. The van der Waals surface area contributed by atoms with Crippen LogP contribution in [0.1, 0.15) is 39.5 Å². The van der Waals surface area contributed by atoms with Crippen LogP contribution in [0.15, 0.2) is 0 Å². The van der Waals surface area contributed by atoms with Crippen LogP contribution in [0.25, 0.3) is 0 Å². The number of likely N-dealkylation sites (tertiary alicyclic amines) is 2. The number of aliphatic hydroxyl groups is 1. The Morgan fingerprint density at radius 2 is 1.81 bits per heavy atom. The molecule has 2 heterocycles. The fourth-order valence-corrected chi connectivity index (χ4v) is 3.35. The number of hydrogen-bond donors (Lipinski definition) is 1. The molecule has 94 valence electrons. The second-order valence-electron chi connectivity index (χ2n) is 5.87. The van der Waals surface area contributed by atoms with E-state index in [2.05, 4.69) is 30.7 Å². The minimum Gasteiger partial charge on any atom is -0.388 e. The van der Waals surface area contributed by atoms with Crippen molar-refractivity contribution in [3.63, 3.8) is 0 Å². The first-order valence-corrected chi connectivity index (χ1v) is 6.69. The molecule has 0 aromatic carbocycles. The van der Waals surface area contributed by atoms with Crippen LogP contribution in [0.5, 0.6) is 0 Å². The third-order valence-electron chi connectivity index (χ3n) is 4.53. The minimum absolute atomic E-state index is 0.404. The van der Waals surface area contributed by atoms with Gasteiger partial charge in [0.2, 0.25) is 0 Å². The number of likely N-dealkylation sites (N-methyl/N-ethyl adjacent to an activating group) is 1. The van der Waals surface area contributed by atoms with Gasteiger partial charge in [-0.15, -0.1) is 0 Å². The monoisotopic (exact) mass is 226 g/mol. The van der Waals surface area contributed by atoms with Crippen LogP contribution in [0.4, 0.5) is 0 Å². The molecule has 3 nitrogen and oxygen atoms in total. The van der Waals surface area contributed by atoms with Crippen LogP contribution in [-0.2, 0) is 0 Å². The fourth-order valence-electron chi connectivity index (χ4n) is 3.35. The van der Waals surface area contributed by atoms with E-state index < -0.39 is 5.60 Å². The van der Waals surface area contributed by atoms with E-state index in [1.165, 1.54) is 12.8 Å². The van der Waals surface area contributed by atoms with E-state index in [4.69, 9.17) is 0 Å². The molecule has 1 atom stereocenters. The van der Waals surface area contributed by atoms with E-state index in [1.54, 1.807) is 0 Å². The summed E-state index contributed by atoms with van der Waals surface area (Å²) in [5, 5.41) is 10.8. The SMILES string of the molecule is CC(C)N1CCC(O)(C2CCCN2C)CC1. The maximum Gasteiger partial charge on any atom is 0.0826 e. The van der Waals surface area contributed by atoms with E-state index in [0.29, 0.717) is 12.1 Å². The molecular formula is C13H26N2O. The van der Waals surface area contributed by atoms with Gasteiger partial charge in [-0.05, 0) is 53.1 Å². The van der Waals surface area contributed by atoms with Crippen LogP contribution in [-0.4, -0.2) is 59.3 Å². The largest absolute Gasteiger partial charge is 0.388 e. The Kier molecular flexibility index (Phi) is 3.57. The first-order valence-electron chi connectivity index (χ1n) is 6.69. The maximum atomic E-state index is 10.8. The molecule has 2 fully saturated rings. The summed E-state index contributed by atoms with van der Waals surface area (Å²) in [4.78, 5) is 4.83. The highest BCUT2D eigenvalue weighted by atomic mass is 16.3. The molecule has 2 saturated heterocycles. The van der Waals surface area contributed by atoms with Crippen molar-refractivity contribution in [2.45, 2.75) is 57.2 Å². The molecule has 2 aliphatic heterocycles. The fraction of sp³-hybridized carbons (Fsp3) is 1.00. The molecule has 16 heavy (non-hydrogen) atoms. The van der Waals surface area contributed by atoms with E-state index in [0.717, 1.165) is 32.5 Å². The molecule has 2 rings (SSSR count). The molecule has 0 amide bonds. The van der Waals surface area contributed by atoms with Crippen LogP contribution in [0, 0.1) is 0 Å². The van der Waals surface area contributed by atoms with Gasteiger partial charge in [0.1, 0.15) is 0 Å². The lowest BCUT2D eigenvalue weighted by molar-refractivity contribution is -0.0747. The maximum absolute atomic E-state index is 10.8.